The van der Waals surface area contributed by atoms with Crippen molar-refractivity contribution in [2.24, 2.45) is 0 Å². The van der Waals surface area contributed by atoms with Crippen LogP contribution in [0.25, 0.3) is 0 Å². The van der Waals surface area contributed by atoms with Crippen LogP contribution in [0.5, 0.6) is 0 Å². The molecule has 0 aliphatic heterocycles. The number of rotatable bonds is 6. The third kappa shape index (κ3) is 3.21. The summed E-state index contributed by atoms with van der Waals surface area (Å²) in [5.74, 6) is 0. The molecule has 1 aromatic rings. The van der Waals surface area contributed by atoms with Gasteiger partial charge in [-0.05, 0) is 26.0 Å². The third-order valence-corrected chi connectivity index (χ3v) is 3.34. The zero-order valence-electron chi connectivity index (χ0n) is 9.95. The molecule has 0 radical (unpaired) electrons. The van der Waals surface area contributed by atoms with Gasteiger partial charge in [-0.15, -0.1) is 0 Å². The summed E-state index contributed by atoms with van der Waals surface area (Å²) in [6, 6.07) is 10.7. The fourth-order valence-corrected chi connectivity index (χ4v) is 1.89. The summed E-state index contributed by atoms with van der Waals surface area (Å²) in [5.41, 5.74) is 1.42. The number of benzene rings is 1. The Hall–Kier alpha value is -1.08. The Morgan fingerprint density at radius 1 is 1.13 bits per heavy atom. The van der Waals surface area contributed by atoms with Crippen LogP contribution in [-0.2, 0) is 6.42 Å². The van der Waals surface area contributed by atoms with Gasteiger partial charge in [0.05, 0.1) is 25.8 Å². The Morgan fingerprint density at radius 2 is 1.73 bits per heavy atom. The molecule has 1 rings (SSSR count). The highest BCUT2D eigenvalue weighted by molar-refractivity contribution is 5.14. The zero-order valence-corrected chi connectivity index (χ0v) is 9.95. The minimum absolute atomic E-state index is 1.01. The van der Waals surface area contributed by atoms with Crippen LogP contribution in [0.1, 0.15) is 19.4 Å². The van der Waals surface area contributed by atoms with Crippen molar-refractivity contribution in [3.63, 3.8) is 0 Å². The lowest BCUT2D eigenvalue weighted by molar-refractivity contribution is -0.875. The summed E-state index contributed by atoms with van der Waals surface area (Å²) >= 11 is 0. The van der Waals surface area contributed by atoms with E-state index in [0.29, 0.717) is 0 Å². The van der Waals surface area contributed by atoms with E-state index in [1.807, 2.05) is 0 Å². The van der Waals surface area contributed by atoms with Crippen molar-refractivity contribution in [3.05, 3.63) is 48.7 Å². The van der Waals surface area contributed by atoms with Crippen molar-refractivity contribution < 1.29 is 4.48 Å². The average Bonchev–Trinajstić information content (AvgIpc) is 2.33. The van der Waals surface area contributed by atoms with E-state index in [2.05, 4.69) is 57.0 Å². The van der Waals surface area contributed by atoms with E-state index in [-0.39, 0.29) is 0 Å². The van der Waals surface area contributed by atoms with Crippen molar-refractivity contribution in [1.29, 1.82) is 0 Å². The van der Waals surface area contributed by atoms with Gasteiger partial charge < -0.3 is 0 Å². The largest absolute Gasteiger partial charge is 0.298 e. The lowest BCUT2D eigenvalue weighted by Gasteiger charge is -2.32. The van der Waals surface area contributed by atoms with E-state index < -0.39 is 0 Å². The summed E-state index contributed by atoms with van der Waals surface area (Å²) in [4.78, 5) is 0. The van der Waals surface area contributed by atoms with Gasteiger partial charge in [0.2, 0.25) is 0 Å². The van der Waals surface area contributed by atoms with Crippen molar-refractivity contribution in [2.75, 3.05) is 19.6 Å². The first-order chi connectivity index (χ1) is 7.26. The summed E-state index contributed by atoms with van der Waals surface area (Å²) < 4.78 is 1.01. The van der Waals surface area contributed by atoms with Gasteiger partial charge >= 0.3 is 0 Å². The van der Waals surface area contributed by atoms with Crippen LogP contribution in [0, 0.1) is 0 Å². The maximum absolute atomic E-state index is 3.96. The molecule has 0 saturated heterocycles. The molecule has 0 aromatic heterocycles. The van der Waals surface area contributed by atoms with Gasteiger partial charge in [-0.25, -0.2) is 0 Å². The molecule has 0 amide bonds. The topological polar surface area (TPSA) is 0 Å². The first kappa shape index (κ1) is 12.0. The maximum atomic E-state index is 3.96. The number of hydrogen-bond donors (Lipinski definition) is 0. The standard InChI is InChI=1S/C14H22N/c1-4-15(5-2,6-3)13-12-14-10-8-7-9-11-14/h4,7-11H,1,5-6,12-13H2,2-3H3/q+1. The molecule has 1 heteroatoms. The number of likely N-dealkylation sites (N-methyl/N-ethyl adjacent to an activating group) is 1. The highest BCUT2D eigenvalue weighted by Gasteiger charge is 2.18. The molecule has 0 aliphatic carbocycles. The molecule has 0 unspecified atom stereocenters. The Kier molecular flexibility index (Phi) is 4.57. The highest BCUT2D eigenvalue weighted by Crippen LogP contribution is 2.10. The second-order valence-electron chi connectivity index (χ2n) is 3.99. The molecule has 0 fully saturated rings. The summed E-state index contributed by atoms with van der Waals surface area (Å²) in [6.45, 7) is 11.8. The number of quaternary nitrogens is 1. The Labute approximate surface area is 93.6 Å². The van der Waals surface area contributed by atoms with Crippen LogP contribution in [0.2, 0.25) is 0 Å². The van der Waals surface area contributed by atoms with E-state index in [1.54, 1.807) is 0 Å². The molecule has 0 bridgehead atoms. The quantitative estimate of drug-likeness (QED) is 0.624. The van der Waals surface area contributed by atoms with Crippen molar-refractivity contribution in [2.45, 2.75) is 20.3 Å². The van der Waals surface area contributed by atoms with E-state index >= 15 is 0 Å². The molecule has 1 aromatic carbocycles. The fraction of sp³-hybridized carbons (Fsp3) is 0.429. The second-order valence-corrected chi connectivity index (χ2v) is 3.99. The first-order valence-corrected chi connectivity index (χ1v) is 5.79. The van der Waals surface area contributed by atoms with E-state index in [1.165, 1.54) is 5.56 Å². The second kappa shape index (κ2) is 5.72. The van der Waals surface area contributed by atoms with Crippen LogP contribution < -0.4 is 0 Å². The molecule has 0 aliphatic rings. The van der Waals surface area contributed by atoms with Crippen LogP contribution in [0.3, 0.4) is 0 Å². The van der Waals surface area contributed by atoms with E-state index in [9.17, 15) is 0 Å². The van der Waals surface area contributed by atoms with E-state index in [0.717, 1.165) is 30.5 Å². The van der Waals surface area contributed by atoms with Crippen LogP contribution in [0.15, 0.2) is 43.1 Å². The monoisotopic (exact) mass is 204 g/mol. The molecule has 0 atom stereocenters. The van der Waals surface area contributed by atoms with Crippen LogP contribution in [0.4, 0.5) is 0 Å². The predicted octanol–water partition coefficient (Wildman–Crippen LogP) is 3.23. The third-order valence-electron chi connectivity index (χ3n) is 3.34. The van der Waals surface area contributed by atoms with Gasteiger partial charge in [0.25, 0.3) is 0 Å². The smallest absolute Gasteiger partial charge is 0.0885 e. The molecular formula is C14H22N+. The maximum Gasteiger partial charge on any atom is 0.0885 e. The van der Waals surface area contributed by atoms with Gasteiger partial charge in [-0.2, -0.15) is 0 Å². The van der Waals surface area contributed by atoms with Gasteiger partial charge in [0.1, 0.15) is 0 Å². The van der Waals surface area contributed by atoms with Crippen molar-refractivity contribution in [1.82, 2.24) is 0 Å². The zero-order chi connectivity index (χ0) is 11.1. The summed E-state index contributed by atoms with van der Waals surface area (Å²) in [5, 5.41) is 0. The van der Waals surface area contributed by atoms with Crippen LogP contribution in [-0.4, -0.2) is 24.1 Å². The van der Waals surface area contributed by atoms with Gasteiger partial charge in [-0.1, -0.05) is 30.3 Å². The SMILES string of the molecule is C=C[N+](CC)(CC)CCc1ccccc1. The predicted molar refractivity (Wildman–Crippen MR) is 66.6 cm³/mol. The highest BCUT2D eigenvalue weighted by atomic mass is 15.3. The molecule has 0 N–H and O–H groups in total. The molecular weight excluding hydrogens is 182 g/mol. The van der Waals surface area contributed by atoms with Crippen LogP contribution >= 0.6 is 0 Å². The normalized spacial score (nSPS) is 11.3. The first-order valence-electron chi connectivity index (χ1n) is 5.79. The minimum Gasteiger partial charge on any atom is -0.298 e. The fourth-order valence-electron chi connectivity index (χ4n) is 1.89. The Morgan fingerprint density at radius 3 is 2.20 bits per heavy atom. The van der Waals surface area contributed by atoms with Crippen molar-refractivity contribution in [3.8, 4) is 0 Å². The van der Waals surface area contributed by atoms with E-state index in [4.69, 9.17) is 0 Å². The molecule has 1 nitrogen and oxygen atoms in total. The Bertz CT molecular complexity index is 285. The minimum atomic E-state index is 1.01. The molecule has 0 saturated carbocycles. The lowest BCUT2D eigenvalue weighted by atomic mass is 10.1. The number of nitrogens with zero attached hydrogens (tertiary/aromatic N) is 1. The summed E-state index contributed by atoms with van der Waals surface area (Å²) in [7, 11) is 0. The molecule has 15 heavy (non-hydrogen) atoms. The summed E-state index contributed by atoms with van der Waals surface area (Å²) in [6.07, 6.45) is 3.22. The molecule has 0 heterocycles. The average molecular weight is 204 g/mol. The van der Waals surface area contributed by atoms with Gasteiger partial charge in [-0.3, -0.25) is 4.48 Å². The Balaban J connectivity index is 2.58. The lowest BCUT2D eigenvalue weighted by Crippen LogP contribution is -2.43. The van der Waals surface area contributed by atoms with Gasteiger partial charge in [0, 0.05) is 6.42 Å². The van der Waals surface area contributed by atoms with Crippen molar-refractivity contribution >= 4 is 0 Å². The molecule has 82 valence electrons. The molecule has 0 spiro atoms. The van der Waals surface area contributed by atoms with Gasteiger partial charge in [0.15, 0.2) is 0 Å². The number of hydrogen-bond acceptors (Lipinski definition) is 0.